The van der Waals surface area contributed by atoms with Crippen LogP contribution in [0.1, 0.15) is 50.7 Å². The van der Waals surface area contributed by atoms with Crippen LogP contribution >= 0.6 is 12.4 Å². The van der Waals surface area contributed by atoms with Crippen LogP contribution in [0.2, 0.25) is 0 Å². The Hall–Kier alpha value is -0.600. The first-order chi connectivity index (χ1) is 8.20. The van der Waals surface area contributed by atoms with Crippen LogP contribution in [-0.4, -0.2) is 5.11 Å². The topological polar surface area (TPSA) is 20.2 Å². The van der Waals surface area contributed by atoms with Gasteiger partial charge in [-0.3, -0.25) is 0 Å². The molecule has 3 atom stereocenters. The third kappa shape index (κ3) is 3.69. The Balaban J connectivity index is 0.00000162. The number of benzene rings is 1. The Labute approximate surface area is 115 Å². The molecule has 0 bridgehead atoms. The van der Waals surface area contributed by atoms with Crippen molar-refractivity contribution in [2.75, 3.05) is 0 Å². The molecule has 0 aliphatic heterocycles. The molecule has 0 spiro atoms. The zero-order chi connectivity index (χ0) is 12.3. The highest BCUT2D eigenvalue weighted by Gasteiger charge is 2.30. The molecular weight excluding hydrogens is 251 g/mol. The largest absolute Gasteiger partial charge is 0.388 e. The zero-order valence-corrected chi connectivity index (χ0v) is 11.6. The fraction of sp³-hybridized carbons (Fsp3) is 0.600. The van der Waals surface area contributed by atoms with Crippen LogP contribution in [0.5, 0.6) is 0 Å². The SMILES string of the molecule is CCC[C@@H]1CC[C@@H]([C@H](O)c2cccc(F)c2)C1.Cl. The third-order valence-electron chi connectivity index (χ3n) is 3.92. The molecule has 102 valence electrons. The zero-order valence-electron chi connectivity index (χ0n) is 10.8. The molecule has 1 saturated carbocycles. The average molecular weight is 273 g/mol. The monoisotopic (exact) mass is 272 g/mol. The summed E-state index contributed by atoms with van der Waals surface area (Å²) in [6.45, 7) is 2.20. The van der Waals surface area contributed by atoms with Crippen molar-refractivity contribution in [2.24, 2.45) is 11.8 Å². The Morgan fingerprint density at radius 1 is 1.39 bits per heavy atom. The molecule has 1 aromatic carbocycles. The van der Waals surface area contributed by atoms with Gasteiger partial charge in [0.1, 0.15) is 5.82 Å². The average Bonchev–Trinajstić information content (AvgIpc) is 2.77. The van der Waals surface area contributed by atoms with Gasteiger partial charge >= 0.3 is 0 Å². The maximum Gasteiger partial charge on any atom is 0.123 e. The summed E-state index contributed by atoms with van der Waals surface area (Å²) in [5.74, 6) is 0.811. The van der Waals surface area contributed by atoms with Crippen LogP contribution < -0.4 is 0 Å². The summed E-state index contributed by atoms with van der Waals surface area (Å²) in [4.78, 5) is 0. The summed E-state index contributed by atoms with van der Waals surface area (Å²) >= 11 is 0. The lowest BCUT2D eigenvalue weighted by molar-refractivity contribution is 0.108. The predicted molar refractivity (Wildman–Crippen MR) is 74.3 cm³/mol. The van der Waals surface area contributed by atoms with Gasteiger partial charge in [0.2, 0.25) is 0 Å². The molecule has 3 heteroatoms. The normalized spacial score (nSPS) is 24.6. The first-order valence-corrected chi connectivity index (χ1v) is 6.64. The summed E-state index contributed by atoms with van der Waals surface area (Å²) in [5, 5.41) is 10.3. The molecule has 0 heterocycles. The fourth-order valence-electron chi connectivity index (χ4n) is 3.03. The lowest BCUT2D eigenvalue weighted by Gasteiger charge is -2.18. The second kappa shape index (κ2) is 7.10. The van der Waals surface area contributed by atoms with Gasteiger partial charge in [-0.2, -0.15) is 0 Å². The van der Waals surface area contributed by atoms with Crippen LogP contribution in [0.25, 0.3) is 0 Å². The summed E-state index contributed by atoms with van der Waals surface area (Å²) < 4.78 is 13.1. The summed E-state index contributed by atoms with van der Waals surface area (Å²) in [6, 6.07) is 6.37. The van der Waals surface area contributed by atoms with Gasteiger partial charge in [-0.15, -0.1) is 12.4 Å². The van der Waals surface area contributed by atoms with E-state index in [-0.39, 0.29) is 18.2 Å². The predicted octanol–water partition coefficient (Wildman–Crippen LogP) is 4.50. The van der Waals surface area contributed by atoms with E-state index in [9.17, 15) is 9.50 Å². The minimum atomic E-state index is -0.493. The van der Waals surface area contributed by atoms with Gasteiger partial charge in [0.05, 0.1) is 6.10 Å². The Bertz CT molecular complexity index is 369. The molecule has 1 nitrogen and oxygen atoms in total. The molecule has 1 N–H and O–H groups in total. The van der Waals surface area contributed by atoms with Crippen molar-refractivity contribution in [2.45, 2.75) is 45.1 Å². The molecule has 1 aliphatic carbocycles. The van der Waals surface area contributed by atoms with Crippen LogP contribution in [0.4, 0.5) is 4.39 Å². The number of aliphatic hydroxyl groups excluding tert-OH is 1. The first-order valence-electron chi connectivity index (χ1n) is 6.64. The number of aliphatic hydroxyl groups is 1. The molecular formula is C15H22ClFO. The van der Waals surface area contributed by atoms with Crippen molar-refractivity contribution in [1.82, 2.24) is 0 Å². The smallest absolute Gasteiger partial charge is 0.123 e. The number of halogens is 2. The summed E-state index contributed by atoms with van der Waals surface area (Å²) in [5.41, 5.74) is 0.729. The summed E-state index contributed by atoms with van der Waals surface area (Å²) in [6.07, 6.45) is 5.35. The van der Waals surface area contributed by atoms with Gasteiger partial charge in [0, 0.05) is 0 Å². The van der Waals surface area contributed by atoms with Gasteiger partial charge in [-0.05, 0) is 42.4 Å². The van der Waals surface area contributed by atoms with E-state index in [4.69, 9.17) is 0 Å². The molecule has 0 unspecified atom stereocenters. The molecule has 2 rings (SSSR count). The molecule has 0 radical (unpaired) electrons. The van der Waals surface area contributed by atoms with E-state index in [1.54, 1.807) is 6.07 Å². The minimum Gasteiger partial charge on any atom is -0.388 e. The van der Waals surface area contributed by atoms with E-state index in [1.807, 2.05) is 6.07 Å². The molecule has 1 aromatic rings. The van der Waals surface area contributed by atoms with Gasteiger partial charge in [-0.1, -0.05) is 38.3 Å². The van der Waals surface area contributed by atoms with Gasteiger partial charge in [0.15, 0.2) is 0 Å². The molecule has 0 saturated heterocycles. The summed E-state index contributed by atoms with van der Waals surface area (Å²) in [7, 11) is 0. The molecule has 0 amide bonds. The highest BCUT2D eigenvalue weighted by molar-refractivity contribution is 5.85. The number of hydrogen-bond acceptors (Lipinski definition) is 1. The van der Waals surface area contributed by atoms with Crippen LogP contribution in [0.3, 0.4) is 0 Å². The second-order valence-corrected chi connectivity index (χ2v) is 5.23. The quantitative estimate of drug-likeness (QED) is 0.856. The third-order valence-corrected chi connectivity index (χ3v) is 3.92. The van der Waals surface area contributed by atoms with E-state index in [2.05, 4.69) is 6.92 Å². The molecule has 1 aliphatic rings. The van der Waals surface area contributed by atoms with Crippen molar-refractivity contribution in [3.8, 4) is 0 Å². The second-order valence-electron chi connectivity index (χ2n) is 5.23. The van der Waals surface area contributed by atoms with Crippen molar-refractivity contribution < 1.29 is 9.50 Å². The maximum atomic E-state index is 13.1. The Morgan fingerprint density at radius 3 is 2.83 bits per heavy atom. The highest BCUT2D eigenvalue weighted by atomic mass is 35.5. The number of rotatable bonds is 4. The van der Waals surface area contributed by atoms with Gasteiger partial charge in [-0.25, -0.2) is 4.39 Å². The Kier molecular flexibility index (Phi) is 6.10. The van der Waals surface area contributed by atoms with Gasteiger partial charge in [0.25, 0.3) is 0 Å². The van der Waals surface area contributed by atoms with Gasteiger partial charge < -0.3 is 5.11 Å². The maximum absolute atomic E-state index is 13.1. The molecule has 1 fully saturated rings. The van der Waals surface area contributed by atoms with E-state index in [0.717, 1.165) is 24.3 Å². The van der Waals surface area contributed by atoms with Crippen molar-refractivity contribution in [3.63, 3.8) is 0 Å². The minimum absolute atomic E-state index is 0. The standard InChI is InChI=1S/C15H21FO.ClH/c1-2-4-11-7-8-13(9-11)15(17)12-5-3-6-14(16)10-12;/h3,5-6,10-11,13,15,17H,2,4,7-9H2,1H3;1H/t11-,13-,15-;/m1./s1. The van der Waals surface area contributed by atoms with E-state index in [1.165, 1.54) is 31.4 Å². The van der Waals surface area contributed by atoms with Crippen molar-refractivity contribution in [3.05, 3.63) is 35.6 Å². The number of hydrogen-bond donors (Lipinski definition) is 1. The van der Waals surface area contributed by atoms with Crippen molar-refractivity contribution >= 4 is 12.4 Å². The molecule has 18 heavy (non-hydrogen) atoms. The molecule has 0 aromatic heterocycles. The van der Waals surface area contributed by atoms with Crippen LogP contribution in [-0.2, 0) is 0 Å². The lowest BCUT2D eigenvalue weighted by atomic mass is 9.92. The Morgan fingerprint density at radius 2 is 2.17 bits per heavy atom. The van der Waals surface area contributed by atoms with Crippen molar-refractivity contribution in [1.29, 1.82) is 0 Å². The lowest BCUT2D eigenvalue weighted by Crippen LogP contribution is -2.10. The van der Waals surface area contributed by atoms with E-state index in [0.29, 0.717) is 5.92 Å². The van der Waals surface area contributed by atoms with E-state index >= 15 is 0 Å². The highest BCUT2D eigenvalue weighted by Crippen LogP contribution is 2.40. The fourth-order valence-corrected chi connectivity index (χ4v) is 3.03. The van der Waals surface area contributed by atoms with E-state index < -0.39 is 6.10 Å². The van der Waals surface area contributed by atoms with Crippen LogP contribution in [0.15, 0.2) is 24.3 Å². The first kappa shape index (κ1) is 15.5. The van der Waals surface area contributed by atoms with Crippen LogP contribution in [0, 0.1) is 17.7 Å².